The summed E-state index contributed by atoms with van der Waals surface area (Å²) in [6.07, 6.45) is 1.50. The van der Waals surface area contributed by atoms with Crippen LogP contribution in [-0.2, 0) is 0 Å². The third-order valence-corrected chi connectivity index (χ3v) is 4.41. The fourth-order valence-electron chi connectivity index (χ4n) is 2.69. The fourth-order valence-corrected chi connectivity index (χ4v) is 3.05. The van der Waals surface area contributed by atoms with Crippen molar-refractivity contribution in [1.29, 1.82) is 0 Å². The van der Waals surface area contributed by atoms with Gasteiger partial charge in [-0.3, -0.25) is 4.79 Å². The number of nitrogens with one attached hydrogen (secondary N) is 1. The molecule has 4 aromatic rings. The monoisotopic (exact) mass is 398 g/mol. The molecule has 0 amide bonds. The maximum Gasteiger partial charge on any atom is 0.298 e. The van der Waals surface area contributed by atoms with Gasteiger partial charge in [0.05, 0.1) is 6.21 Å². The molecule has 0 aliphatic carbocycles. The first-order chi connectivity index (χ1) is 12.0. The van der Waals surface area contributed by atoms with Gasteiger partial charge >= 0.3 is 0 Å². The lowest BCUT2D eigenvalue weighted by molar-refractivity contribution is 0.628. The van der Waals surface area contributed by atoms with Gasteiger partial charge in [-0.05, 0) is 42.8 Å². The Balaban J connectivity index is 1.88. The van der Waals surface area contributed by atoms with Gasteiger partial charge in [0.15, 0.2) is 0 Å². The van der Waals surface area contributed by atoms with Crippen LogP contribution in [-0.4, -0.2) is 20.9 Å². The third-order valence-electron chi connectivity index (χ3n) is 3.91. The summed E-state index contributed by atoms with van der Waals surface area (Å²) in [5.74, 6) is 0.148. The Morgan fingerprint density at radius 3 is 2.76 bits per heavy atom. The van der Waals surface area contributed by atoms with Crippen LogP contribution in [0.1, 0.15) is 11.4 Å². The highest BCUT2D eigenvalue weighted by atomic mass is 79.9. The molecule has 2 heterocycles. The van der Waals surface area contributed by atoms with Gasteiger partial charge in [-0.2, -0.15) is 9.78 Å². The van der Waals surface area contributed by atoms with Crippen molar-refractivity contribution in [3.63, 3.8) is 0 Å². The quantitative estimate of drug-likeness (QED) is 0.519. The Morgan fingerprint density at radius 2 is 2.00 bits per heavy atom. The largest absolute Gasteiger partial charge is 0.349 e. The van der Waals surface area contributed by atoms with Crippen LogP contribution in [0.5, 0.6) is 0 Å². The Labute approximate surface area is 150 Å². The van der Waals surface area contributed by atoms with E-state index in [1.165, 1.54) is 23.0 Å². The molecule has 0 aliphatic rings. The maximum atomic E-state index is 13.0. The molecule has 0 fully saturated rings. The summed E-state index contributed by atoms with van der Waals surface area (Å²) in [5.41, 5.74) is 2.26. The van der Waals surface area contributed by atoms with Gasteiger partial charge in [0, 0.05) is 15.4 Å². The van der Waals surface area contributed by atoms with Gasteiger partial charge in [0.2, 0.25) is 0 Å². The number of aromatic amines is 1. The summed E-state index contributed by atoms with van der Waals surface area (Å²) in [5, 5.41) is 5.08. The van der Waals surface area contributed by atoms with Gasteiger partial charge in [0.25, 0.3) is 5.56 Å². The number of aromatic nitrogens is 3. The van der Waals surface area contributed by atoms with Crippen LogP contribution >= 0.6 is 15.9 Å². The molecular formula is C18H12BrFN4O. The molecular weight excluding hydrogens is 387 g/mol. The van der Waals surface area contributed by atoms with E-state index in [9.17, 15) is 9.18 Å². The summed E-state index contributed by atoms with van der Waals surface area (Å²) >= 11 is 3.43. The first kappa shape index (κ1) is 15.7. The number of benzene rings is 2. The zero-order valence-electron chi connectivity index (χ0n) is 13.1. The van der Waals surface area contributed by atoms with Crippen molar-refractivity contribution >= 4 is 44.1 Å². The third kappa shape index (κ3) is 2.76. The molecule has 2 aromatic heterocycles. The number of hydrogen-bond acceptors (Lipinski definition) is 3. The minimum atomic E-state index is -0.321. The molecule has 124 valence electrons. The van der Waals surface area contributed by atoms with Crippen molar-refractivity contribution < 1.29 is 4.39 Å². The maximum absolute atomic E-state index is 13.0. The number of hydrogen-bond donors (Lipinski definition) is 1. The lowest BCUT2D eigenvalue weighted by Gasteiger charge is -2.03. The minimum Gasteiger partial charge on any atom is -0.349 e. The number of nitrogens with zero attached hydrogens (tertiary/aromatic N) is 3. The van der Waals surface area contributed by atoms with Crippen molar-refractivity contribution in [2.75, 3.05) is 0 Å². The van der Waals surface area contributed by atoms with Gasteiger partial charge < -0.3 is 4.98 Å². The predicted octanol–water partition coefficient (Wildman–Crippen LogP) is 3.97. The van der Waals surface area contributed by atoms with Crippen molar-refractivity contribution in [1.82, 2.24) is 14.6 Å². The van der Waals surface area contributed by atoms with Gasteiger partial charge in [0.1, 0.15) is 22.7 Å². The van der Waals surface area contributed by atoms with Crippen molar-refractivity contribution in [3.05, 3.63) is 74.5 Å². The van der Waals surface area contributed by atoms with Crippen molar-refractivity contribution in [3.8, 4) is 0 Å². The molecule has 0 atom stereocenters. The van der Waals surface area contributed by atoms with E-state index < -0.39 is 0 Å². The van der Waals surface area contributed by atoms with Gasteiger partial charge in [-0.1, -0.05) is 28.1 Å². The highest BCUT2D eigenvalue weighted by molar-refractivity contribution is 9.10. The Hall–Kier alpha value is -2.80. The molecule has 2 aromatic carbocycles. The molecule has 0 aliphatic heterocycles. The molecule has 7 heteroatoms. The van der Waals surface area contributed by atoms with Crippen LogP contribution in [0.15, 0.2) is 56.8 Å². The lowest BCUT2D eigenvalue weighted by Crippen LogP contribution is -2.20. The SMILES string of the molecule is Cc1nc2c([nH]c3ccc(Br)cc32)c(=O)n1N=Cc1ccc(F)cc1. The molecule has 25 heavy (non-hydrogen) atoms. The first-order valence-corrected chi connectivity index (χ1v) is 8.33. The highest BCUT2D eigenvalue weighted by Gasteiger charge is 2.13. The normalized spacial score (nSPS) is 11.8. The molecule has 0 saturated heterocycles. The molecule has 0 bridgehead atoms. The van der Waals surface area contributed by atoms with Crippen LogP contribution in [0.25, 0.3) is 21.9 Å². The molecule has 0 saturated carbocycles. The fraction of sp³-hybridized carbons (Fsp3) is 0.0556. The van der Waals surface area contributed by atoms with Crippen molar-refractivity contribution in [2.45, 2.75) is 6.92 Å². The van der Waals surface area contributed by atoms with E-state index in [1.54, 1.807) is 19.1 Å². The van der Waals surface area contributed by atoms with E-state index in [0.717, 1.165) is 15.4 Å². The standard InChI is InChI=1S/C18H12BrFN4O/c1-10-22-16-14-8-12(19)4-7-15(14)23-17(16)18(25)24(10)21-9-11-2-5-13(20)6-3-11/h2-9,23H,1H3. The molecule has 5 nitrogen and oxygen atoms in total. The molecule has 0 spiro atoms. The molecule has 1 N–H and O–H groups in total. The van der Waals surface area contributed by atoms with Gasteiger partial charge in [-0.25, -0.2) is 9.37 Å². The second kappa shape index (κ2) is 5.93. The Morgan fingerprint density at radius 1 is 1.24 bits per heavy atom. The second-order valence-electron chi connectivity index (χ2n) is 5.61. The summed E-state index contributed by atoms with van der Waals surface area (Å²) in [7, 11) is 0. The summed E-state index contributed by atoms with van der Waals surface area (Å²) < 4.78 is 15.1. The smallest absolute Gasteiger partial charge is 0.298 e. The molecule has 0 unspecified atom stereocenters. The topological polar surface area (TPSA) is 63.0 Å². The van der Waals surface area contributed by atoms with Crippen LogP contribution in [0.2, 0.25) is 0 Å². The average Bonchev–Trinajstić information content (AvgIpc) is 2.94. The summed E-state index contributed by atoms with van der Waals surface area (Å²) in [6.45, 7) is 1.72. The lowest BCUT2D eigenvalue weighted by atomic mass is 10.2. The van der Waals surface area contributed by atoms with E-state index in [4.69, 9.17) is 0 Å². The minimum absolute atomic E-state index is 0.284. The van der Waals surface area contributed by atoms with Gasteiger partial charge in [-0.15, -0.1) is 0 Å². The van der Waals surface area contributed by atoms with Crippen LogP contribution in [0, 0.1) is 12.7 Å². The van der Waals surface area contributed by atoms with Crippen molar-refractivity contribution in [2.24, 2.45) is 5.10 Å². The summed E-state index contributed by atoms with van der Waals surface area (Å²) in [6, 6.07) is 11.6. The van der Waals surface area contributed by atoms with E-state index in [0.29, 0.717) is 22.4 Å². The van der Waals surface area contributed by atoms with E-state index in [1.807, 2.05) is 18.2 Å². The zero-order chi connectivity index (χ0) is 17.6. The molecule has 0 radical (unpaired) electrons. The first-order valence-electron chi connectivity index (χ1n) is 7.53. The van der Waals surface area contributed by atoms with Crippen LogP contribution in [0.4, 0.5) is 4.39 Å². The zero-order valence-corrected chi connectivity index (χ0v) is 14.7. The van der Waals surface area contributed by atoms with Crippen LogP contribution < -0.4 is 5.56 Å². The highest BCUT2D eigenvalue weighted by Crippen LogP contribution is 2.25. The van der Waals surface area contributed by atoms with E-state index >= 15 is 0 Å². The summed E-state index contributed by atoms with van der Waals surface area (Å²) in [4.78, 5) is 20.4. The number of rotatable bonds is 2. The van der Waals surface area contributed by atoms with E-state index in [-0.39, 0.29) is 11.4 Å². The number of halogens is 2. The Bertz CT molecular complexity index is 1190. The molecule has 4 rings (SSSR count). The number of aryl methyl sites for hydroxylation is 1. The predicted molar refractivity (Wildman–Crippen MR) is 99.7 cm³/mol. The number of H-pyrrole nitrogens is 1. The average molecular weight is 399 g/mol. The van der Waals surface area contributed by atoms with E-state index in [2.05, 4.69) is 31.0 Å². The Kier molecular flexibility index (Phi) is 3.73. The second-order valence-corrected chi connectivity index (χ2v) is 6.53. The van der Waals surface area contributed by atoms with Crippen LogP contribution in [0.3, 0.4) is 0 Å². The number of fused-ring (bicyclic) bond motifs is 3.